The summed E-state index contributed by atoms with van der Waals surface area (Å²) in [6, 6.07) is 0.280. The standard InChI is InChI=1S/C12H22N2O/c13-12-4-3-11(7-12)8-14-5-6-15-9-10-1-2-10/h3-4,10-12,14H,1-2,5-9,13H2. The van der Waals surface area contributed by atoms with Crippen molar-refractivity contribution in [3.63, 3.8) is 0 Å². The molecular formula is C12H22N2O. The summed E-state index contributed by atoms with van der Waals surface area (Å²) in [5.74, 6) is 1.50. The summed E-state index contributed by atoms with van der Waals surface area (Å²) in [5, 5.41) is 3.41. The molecular weight excluding hydrogens is 188 g/mol. The van der Waals surface area contributed by atoms with Crippen molar-refractivity contribution in [1.82, 2.24) is 5.32 Å². The van der Waals surface area contributed by atoms with Crippen LogP contribution in [0.25, 0.3) is 0 Å². The number of hydrogen-bond donors (Lipinski definition) is 2. The van der Waals surface area contributed by atoms with Gasteiger partial charge in [0.15, 0.2) is 0 Å². The Bertz CT molecular complexity index is 214. The van der Waals surface area contributed by atoms with E-state index in [9.17, 15) is 0 Å². The first-order valence-electron chi connectivity index (χ1n) is 6.07. The molecule has 3 N–H and O–H groups in total. The van der Waals surface area contributed by atoms with Gasteiger partial charge < -0.3 is 15.8 Å². The minimum Gasteiger partial charge on any atom is -0.380 e. The van der Waals surface area contributed by atoms with E-state index < -0.39 is 0 Å². The molecule has 86 valence electrons. The van der Waals surface area contributed by atoms with Gasteiger partial charge in [-0.1, -0.05) is 12.2 Å². The number of nitrogens with one attached hydrogen (secondary N) is 1. The highest BCUT2D eigenvalue weighted by atomic mass is 16.5. The zero-order chi connectivity index (χ0) is 10.5. The summed E-state index contributed by atoms with van der Waals surface area (Å²) in [5.41, 5.74) is 5.78. The van der Waals surface area contributed by atoms with E-state index in [0.717, 1.165) is 38.6 Å². The van der Waals surface area contributed by atoms with E-state index in [1.165, 1.54) is 12.8 Å². The van der Waals surface area contributed by atoms with Crippen LogP contribution in [0.5, 0.6) is 0 Å². The zero-order valence-corrected chi connectivity index (χ0v) is 9.32. The van der Waals surface area contributed by atoms with Gasteiger partial charge in [0.2, 0.25) is 0 Å². The fourth-order valence-corrected chi connectivity index (χ4v) is 1.92. The van der Waals surface area contributed by atoms with Gasteiger partial charge in [-0.3, -0.25) is 0 Å². The Hall–Kier alpha value is -0.380. The smallest absolute Gasteiger partial charge is 0.0591 e. The predicted octanol–water partition coefficient (Wildman–Crippen LogP) is 0.906. The van der Waals surface area contributed by atoms with Crippen molar-refractivity contribution in [1.29, 1.82) is 0 Å². The Morgan fingerprint density at radius 3 is 2.87 bits per heavy atom. The van der Waals surface area contributed by atoms with E-state index in [4.69, 9.17) is 10.5 Å². The lowest BCUT2D eigenvalue weighted by Gasteiger charge is -2.10. The average molecular weight is 210 g/mol. The Labute approximate surface area is 92.1 Å². The molecule has 1 fully saturated rings. The molecule has 0 saturated heterocycles. The normalized spacial score (nSPS) is 29.9. The molecule has 2 aliphatic rings. The average Bonchev–Trinajstić information content (AvgIpc) is 2.95. The zero-order valence-electron chi connectivity index (χ0n) is 9.32. The summed E-state index contributed by atoms with van der Waals surface area (Å²) in [6.07, 6.45) is 8.17. The van der Waals surface area contributed by atoms with Crippen LogP contribution in [-0.2, 0) is 4.74 Å². The molecule has 2 atom stereocenters. The Morgan fingerprint density at radius 1 is 1.33 bits per heavy atom. The molecule has 2 rings (SSSR count). The lowest BCUT2D eigenvalue weighted by atomic mass is 10.1. The fraction of sp³-hybridized carbons (Fsp3) is 0.833. The van der Waals surface area contributed by atoms with Crippen molar-refractivity contribution in [2.45, 2.75) is 25.3 Å². The maximum atomic E-state index is 5.78. The SMILES string of the molecule is NC1C=CC(CNCCOCC2CC2)C1. The summed E-state index contributed by atoms with van der Waals surface area (Å²) >= 11 is 0. The van der Waals surface area contributed by atoms with Crippen LogP contribution in [-0.4, -0.2) is 32.3 Å². The Morgan fingerprint density at radius 2 is 2.20 bits per heavy atom. The molecule has 0 bridgehead atoms. The van der Waals surface area contributed by atoms with Gasteiger partial charge in [-0.25, -0.2) is 0 Å². The largest absolute Gasteiger partial charge is 0.380 e. The van der Waals surface area contributed by atoms with Gasteiger partial charge >= 0.3 is 0 Å². The van der Waals surface area contributed by atoms with Crippen molar-refractivity contribution in [3.05, 3.63) is 12.2 Å². The molecule has 1 saturated carbocycles. The Balaban J connectivity index is 1.39. The van der Waals surface area contributed by atoms with Crippen LogP contribution in [0.15, 0.2) is 12.2 Å². The molecule has 15 heavy (non-hydrogen) atoms. The molecule has 0 aliphatic heterocycles. The minimum atomic E-state index is 0.280. The topological polar surface area (TPSA) is 47.3 Å². The van der Waals surface area contributed by atoms with Gasteiger partial charge in [0.05, 0.1) is 6.61 Å². The van der Waals surface area contributed by atoms with Crippen LogP contribution >= 0.6 is 0 Å². The van der Waals surface area contributed by atoms with Gasteiger partial charge in [-0.15, -0.1) is 0 Å². The number of rotatable bonds is 7. The lowest BCUT2D eigenvalue weighted by Crippen LogP contribution is -2.27. The molecule has 2 aliphatic carbocycles. The first-order valence-corrected chi connectivity index (χ1v) is 6.07. The molecule has 3 heteroatoms. The van der Waals surface area contributed by atoms with E-state index in [1.54, 1.807) is 0 Å². The van der Waals surface area contributed by atoms with E-state index in [-0.39, 0.29) is 6.04 Å². The molecule has 2 unspecified atom stereocenters. The van der Waals surface area contributed by atoms with Gasteiger partial charge in [0.1, 0.15) is 0 Å². The van der Waals surface area contributed by atoms with Gasteiger partial charge in [-0.2, -0.15) is 0 Å². The van der Waals surface area contributed by atoms with Crippen LogP contribution in [0.4, 0.5) is 0 Å². The van der Waals surface area contributed by atoms with Gasteiger partial charge in [0, 0.05) is 25.7 Å². The third-order valence-electron chi connectivity index (χ3n) is 3.09. The molecule has 0 heterocycles. The number of ether oxygens (including phenoxy) is 1. The highest BCUT2D eigenvalue weighted by Crippen LogP contribution is 2.28. The van der Waals surface area contributed by atoms with Gasteiger partial charge in [-0.05, 0) is 31.1 Å². The second kappa shape index (κ2) is 5.64. The molecule has 0 aromatic rings. The molecule has 0 spiro atoms. The van der Waals surface area contributed by atoms with Crippen LogP contribution in [0.1, 0.15) is 19.3 Å². The summed E-state index contributed by atoms with van der Waals surface area (Å²) < 4.78 is 5.54. The Kier molecular flexibility index (Phi) is 4.18. The quantitative estimate of drug-likeness (QED) is 0.485. The van der Waals surface area contributed by atoms with E-state index in [2.05, 4.69) is 17.5 Å². The van der Waals surface area contributed by atoms with E-state index in [1.807, 2.05) is 0 Å². The number of nitrogens with two attached hydrogens (primary N) is 1. The van der Waals surface area contributed by atoms with Gasteiger partial charge in [0.25, 0.3) is 0 Å². The number of hydrogen-bond acceptors (Lipinski definition) is 3. The molecule has 0 radical (unpaired) electrons. The summed E-state index contributed by atoms with van der Waals surface area (Å²) in [4.78, 5) is 0. The lowest BCUT2D eigenvalue weighted by molar-refractivity contribution is 0.126. The third kappa shape index (κ3) is 4.33. The van der Waals surface area contributed by atoms with Crippen LogP contribution in [0.3, 0.4) is 0 Å². The van der Waals surface area contributed by atoms with Crippen LogP contribution in [0.2, 0.25) is 0 Å². The van der Waals surface area contributed by atoms with Crippen molar-refractivity contribution in [3.8, 4) is 0 Å². The second-order valence-electron chi connectivity index (χ2n) is 4.77. The van der Waals surface area contributed by atoms with Crippen LogP contribution < -0.4 is 11.1 Å². The summed E-state index contributed by atoms with van der Waals surface area (Å²) in [7, 11) is 0. The van der Waals surface area contributed by atoms with Crippen molar-refractivity contribution in [2.75, 3.05) is 26.3 Å². The third-order valence-corrected chi connectivity index (χ3v) is 3.09. The van der Waals surface area contributed by atoms with Crippen LogP contribution in [0, 0.1) is 11.8 Å². The maximum absolute atomic E-state index is 5.78. The summed E-state index contributed by atoms with van der Waals surface area (Å²) in [6.45, 7) is 3.82. The van der Waals surface area contributed by atoms with E-state index >= 15 is 0 Å². The predicted molar refractivity (Wildman–Crippen MR) is 61.6 cm³/mol. The molecule has 0 amide bonds. The van der Waals surface area contributed by atoms with Crippen molar-refractivity contribution >= 4 is 0 Å². The highest BCUT2D eigenvalue weighted by Gasteiger charge is 2.20. The maximum Gasteiger partial charge on any atom is 0.0591 e. The molecule has 0 aromatic heterocycles. The first kappa shape index (κ1) is 11.1. The highest BCUT2D eigenvalue weighted by molar-refractivity contribution is 5.04. The van der Waals surface area contributed by atoms with Crippen molar-refractivity contribution < 1.29 is 4.74 Å². The monoisotopic (exact) mass is 210 g/mol. The first-order chi connectivity index (χ1) is 7.34. The van der Waals surface area contributed by atoms with E-state index in [0.29, 0.717) is 5.92 Å². The minimum absolute atomic E-state index is 0.280. The second-order valence-corrected chi connectivity index (χ2v) is 4.77. The van der Waals surface area contributed by atoms with Crippen molar-refractivity contribution in [2.24, 2.45) is 17.6 Å². The molecule has 0 aromatic carbocycles. The molecule has 3 nitrogen and oxygen atoms in total. The fourth-order valence-electron chi connectivity index (χ4n) is 1.92.